The van der Waals surface area contributed by atoms with Gasteiger partial charge in [0.05, 0.1) is 5.69 Å². The van der Waals surface area contributed by atoms with E-state index < -0.39 is 0 Å². The molecule has 0 amide bonds. The Labute approximate surface area is 450 Å². The van der Waals surface area contributed by atoms with Gasteiger partial charge in [0.25, 0.3) is 0 Å². The van der Waals surface area contributed by atoms with Crippen LogP contribution in [0.3, 0.4) is 0 Å². The van der Waals surface area contributed by atoms with E-state index in [4.69, 9.17) is 0 Å². The van der Waals surface area contributed by atoms with E-state index in [1.807, 2.05) is 0 Å². The monoisotopic (exact) mass is 982 g/mol. The number of rotatable bonds is 3. The van der Waals surface area contributed by atoms with Crippen LogP contribution in [0.5, 0.6) is 0 Å². The van der Waals surface area contributed by atoms with E-state index in [0.717, 1.165) is 12.8 Å². The lowest BCUT2D eigenvalue weighted by atomic mass is 9.56. The molecule has 14 rings (SSSR count). The summed E-state index contributed by atoms with van der Waals surface area (Å²) in [6.07, 6.45) is 7.05. The molecule has 7 aromatic carbocycles. The molecule has 0 unspecified atom stereocenters. The molecule has 2 aliphatic heterocycles. The van der Waals surface area contributed by atoms with E-state index in [0.29, 0.717) is 0 Å². The molecule has 379 valence electrons. The highest BCUT2D eigenvalue weighted by Gasteiger charge is 2.49. The Bertz CT molecular complexity index is 3730. The fourth-order valence-electron chi connectivity index (χ4n) is 16.2. The molecular weight excluding hydrogens is 904 g/mol. The first-order valence-electron chi connectivity index (χ1n) is 28.7. The molecule has 5 aliphatic carbocycles. The average molecular weight is 982 g/mol. The first kappa shape index (κ1) is 47.6. The summed E-state index contributed by atoms with van der Waals surface area (Å²) in [5.74, 6) is 0. The van der Waals surface area contributed by atoms with Gasteiger partial charge in [-0.25, -0.2) is 0 Å². The Morgan fingerprint density at radius 3 is 1.51 bits per heavy atom. The van der Waals surface area contributed by atoms with Crippen LogP contribution in [0, 0.1) is 0 Å². The summed E-state index contributed by atoms with van der Waals surface area (Å²) in [6.45, 7) is 39.7. The number of anilines is 5. The zero-order valence-corrected chi connectivity index (χ0v) is 48.1. The van der Waals surface area contributed by atoms with Gasteiger partial charge >= 0.3 is 0 Å². The fourth-order valence-corrected chi connectivity index (χ4v) is 16.2. The molecule has 0 atom stereocenters. The molecule has 0 saturated heterocycles. The van der Waals surface area contributed by atoms with Crippen LogP contribution in [0.15, 0.2) is 103 Å². The summed E-state index contributed by atoms with van der Waals surface area (Å²) in [6, 6.07) is 42.2. The molecule has 7 aromatic rings. The Kier molecular flexibility index (Phi) is 9.28. The van der Waals surface area contributed by atoms with Gasteiger partial charge in [-0.15, -0.1) is 0 Å². The van der Waals surface area contributed by atoms with E-state index >= 15 is 0 Å². The first-order chi connectivity index (χ1) is 35.1. The van der Waals surface area contributed by atoms with Gasteiger partial charge in [0.15, 0.2) is 7.28 Å². The van der Waals surface area contributed by atoms with Crippen molar-refractivity contribution in [1.82, 2.24) is 0 Å². The Hall–Kier alpha value is -5.80. The summed E-state index contributed by atoms with van der Waals surface area (Å²) in [5, 5.41) is 4.29. The molecule has 3 heteroatoms. The molecular formula is C72H78BN2. The van der Waals surface area contributed by atoms with Crippen molar-refractivity contribution in [3.63, 3.8) is 0 Å². The number of nitrogens with zero attached hydrogens (tertiary/aromatic N) is 1. The van der Waals surface area contributed by atoms with Crippen LogP contribution in [0.25, 0.3) is 44.5 Å². The number of benzene rings is 7. The predicted octanol–water partition coefficient (Wildman–Crippen LogP) is 18.2. The Morgan fingerprint density at radius 1 is 0.360 bits per heavy atom. The highest BCUT2D eigenvalue weighted by Crippen LogP contribution is 2.64. The molecule has 0 aromatic heterocycles. The van der Waals surface area contributed by atoms with Crippen molar-refractivity contribution in [2.24, 2.45) is 0 Å². The summed E-state index contributed by atoms with van der Waals surface area (Å²) < 4.78 is 0. The molecule has 0 spiro atoms. The molecule has 7 aliphatic rings. The minimum atomic E-state index is -0.247. The van der Waals surface area contributed by atoms with Crippen molar-refractivity contribution in [3.8, 4) is 44.5 Å². The average Bonchev–Trinajstić information content (AvgIpc) is 3.67. The van der Waals surface area contributed by atoms with Gasteiger partial charge in [-0.3, -0.25) is 0 Å². The Morgan fingerprint density at radius 2 is 0.853 bits per heavy atom. The van der Waals surface area contributed by atoms with Crippen LogP contribution in [-0.2, 0) is 43.3 Å². The standard InChI is InChI=1S/C72H78BN2/c1-65(2)28-29-66(3,4)49-34-40(24-25-46(49)65)74-56-37-52-51(68(7,8)30-32-69(52,9)10)36-44(56)61-60-42-20-17-18-22-45(42)71(13,14)54(60)39-58-63(61)73-55-27-26-48-62-59-41(21-19-23-47(59)72(48,15)16)43-35-50-53(38-57(43)75(58)64(55)62)70(11,12)33-31-67(50,5)6/h17-27,34-39,74H,28-33H2,1-16H3. The first-order valence-corrected chi connectivity index (χ1v) is 28.7. The zero-order valence-electron chi connectivity index (χ0n) is 48.1. The molecule has 2 nitrogen and oxygen atoms in total. The second-order valence-corrected chi connectivity index (χ2v) is 29.6. The van der Waals surface area contributed by atoms with Gasteiger partial charge in [0.1, 0.15) is 0 Å². The lowest BCUT2D eigenvalue weighted by molar-refractivity contribution is 0.332. The normalized spacial score (nSPS) is 21.4. The minimum absolute atomic E-state index is 0.00527. The Balaban J connectivity index is 1.12. The SMILES string of the molecule is CC1(C)CCC(C)(C)c2cc(Nc3cc4c(cc3-c3c5c(cc6c3-c3ccccc3C6(C)C)N3c6cc7c(cc6-c6cccc8c6-c6c(ccc(c63)[B]5)C8(C)C)C(C)(C)CCC7(C)C)C(C)(C)CCC4(C)C)ccc21. The van der Waals surface area contributed by atoms with Crippen molar-refractivity contribution in [3.05, 3.63) is 159 Å². The quantitative estimate of drug-likeness (QED) is 0.178. The lowest BCUT2D eigenvalue weighted by Gasteiger charge is -2.44. The van der Waals surface area contributed by atoms with E-state index in [1.54, 1.807) is 0 Å². The van der Waals surface area contributed by atoms with Crippen molar-refractivity contribution in [1.29, 1.82) is 0 Å². The molecule has 1 radical (unpaired) electrons. The van der Waals surface area contributed by atoms with Crippen LogP contribution in [0.1, 0.15) is 205 Å². The van der Waals surface area contributed by atoms with Crippen LogP contribution in [0.4, 0.5) is 28.4 Å². The van der Waals surface area contributed by atoms with E-state index in [9.17, 15) is 0 Å². The van der Waals surface area contributed by atoms with Crippen LogP contribution in [0.2, 0.25) is 0 Å². The topological polar surface area (TPSA) is 15.3 Å². The summed E-state index contributed by atoms with van der Waals surface area (Å²) >= 11 is 0. The number of hydrogen-bond donors (Lipinski definition) is 1. The van der Waals surface area contributed by atoms with Crippen LogP contribution >= 0.6 is 0 Å². The molecule has 0 bridgehead atoms. The molecule has 2 heterocycles. The third-order valence-corrected chi connectivity index (χ3v) is 21.4. The van der Waals surface area contributed by atoms with Crippen molar-refractivity contribution in [2.75, 3.05) is 10.2 Å². The van der Waals surface area contributed by atoms with Crippen LogP contribution < -0.4 is 21.1 Å². The van der Waals surface area contributed by atoms with Gasteiger partial charge in [-0.2, -0.15) is 0 Å². The lowest BCUT2D eigenvalue weighted by Crippen LogP contribution is -2.42. The van der Waals surface area contributed by atoms with Gasteiger partial charge in [-0.1, -0.05) is 177 Å². The van der Waals surface area contributed by atoms with Gasteiger partial charge in [-0.05, 0) is 202 Å². The third-order valence-electron chi connectivity index (χ3n) is 21.4. The minimum Gasteiger partial charge on any atom is -0.355 e. The molecule has 75 heavy (non-hydrogen) atoms. The number of fused-ring (bicyclic) bond motifs is 11. The largest absolute Gasteiger partial charge is 0.355 e. The fraction of sp³-hybridized carbons (Fsp3) is 0.417. The second kappa shape index (κ2) is 14.6. The van der Waals surface area contributed by atoms with Gasteiger partial charge < -0.3 is 10.2 Å². The predicted molar refractivity (Wildman–Crippen MR) is 321 cm³/mol. The smallest absolute Gasteiger partial charge is 0.197 e. The summed E-state index contributed by atoms with van der Waals surface area (Å²) in [5.41, 5.74) is 34.5. The third kappa shape index (κ3) is 6.28. The summed E-state index contributed by atoms with van der Waals surface area (Å²) in [7, 11) is 2.62. The van der Waals surface area contributed by atoms with E-state index in [-0.39, 0.29) is 43.3 Å². The van der Waals surface area contributed by atoms with Crippen molar-refractivity contribution < 1.29 is 0 Å². The molecule has 0 fully saturated rings. The maximum Gasteiger partial charge on any atom is 0.197 e. The van der Waals surface area contributed by atoms with Crippen molar-refractivity contribution in [2.45, 2.75) is 193 Å². The maximum absolute atomic E-state index is 4.29. The van der Waals surface area contributed by atoms with E-state index in [1.165, 1.54) is 165 Å². The van der Waals surface area contributed by atoms with Gasteiger partial charge in [0, 0.05) is 50.3 Å². The number of nitrogens with one attached hydrogen (secondary N) is 1. The van der Waals surface area contributed by atoms with Gasteiger partial charge in [0.2, 0.25) is 0 Å². The highest BCUT2D eigenvalue weighted by atomic mass is 15.2. The highest BCUT2D eigenvalue weighted by molar-refractivity contribution is 6.74. The number of hydrogen-bond acceptors (Lipinski definition) is 2. The second-order valence-electron chi connectivity index (χ2n) is 29.6. The summed E-state index contributed by atoms with van der Waals surface area (Å²) in [4.78, 5) is 2.80. The molecule has 1 N–H and O–H groups in total. The molecule has 0 saturated carbocycles. The van der Waals surface area contributed by atoms with Crippen molar-refractivity contribution >= 4 is 46.6 Å². The van der Waals surface area contributed by atoms with Crippen LogP contribution in [-0.4, -0.2) is 7.28 Å². The van der Waals surface area contributed by atoms with E-state index in [2.05, 4.69) is 231 Å². The zero-order chi connectivity index (χ0) is 52.7. The maximum atomic E-state index is 4.29.